The van der Waals surface area contributed by atoms with Crippen LogP contribution in [0.2, 0.25) is 0 Å². The second kappa shape index (κ2) is 10.5. The number of halogens is 1. The smallest absolute Gasteiger partial charge is 0.264 e. The van der Waals surface area contributed by atoms with Crippen molar-refractivity contribution in [3.63, 3.8) is 0 Å². The van der Waals surface area contributed by atoms with E-state index < -0.39 is 67.7 Å². The highest BCUT2D eigenvalue weighted by Crippen LogP contribution is 2.35. The molecule has 0 spiro atoms. The van der Waals surface area contributed by atoms with Gasteiger partial charge in [-0.05, 0) is 0 Å². The van der Waals surface area contributed by atoms with Crippen molar-refractivity contribution >= 4 is 46.3 Å². The van der Waals surface area contributed by atoms with Crippen molar-refractivity contribution < 1.29 is 47.3 Å². The van der Waals surface area contributed by atoms with Gasteiger partial charge in [0.1, 0.15) is 24.4 Å². The van der Waals surface area contributed by atoms with Crippen molar-refractivity contribution in [3.05, 3.63) is 35.9 Å². The molecule has 15 heteroatoms. The van der Waals surface area contributed by atoms with Gasteiger partial charge in [0.15, 0.2) is 6.29 Å². The van der Waals surface area contributed by atoms with Gasteiger partial charge in [-0.15, -0.1) is 0 Å². The van der Waals surface area contributed by atoms with Crippen LogP contribution in [0.25, 0.3) is 0 Å². The Kier molecular flexibility index (Phi) is 9.03. The van der Waals surface area contributed by atoms with Gasteiger partial charge in [-0.1, -0.05) is 46.3 Å². The molecule has 0 aliphatic carbocycles. The first-order valence-electron chi connectivity index (χ1n) is 8.71. The van der Waals surface area contributed by atoms with Gasteiger partial charge in [-0.2, -0.15) is 25.3 Å². The van der Waals surface area contributed by atoms with Gasteiger partial charge in [-0.25, -0.2) is 0 Å². The molecular formula is C16H23BrO11S3. The normalized spacial score (nSPS) is 26.5. The summed E-state index contributed by atoms with van der Waals surface area (Å²) in [6.07, 6.45) is -3.94. The zero-order valence-corrected chi connectivity index (χ0v) is 20.8. The molecule has 0 radical (unpaired) electrons. The molecule has 5 unspecified atom stereocenters. The van der Waals surface area contributed by atoms with E-state index in [4.69, 9.17) is 22.0 Å². The van der Waals surface area contributed by atoms with E-state index in [-0.39, 0.29) is 5.33 Å². The minimum atomic E-state index is -4.10. The molecule has 31 heavy (non-hydrogen) atoms. The zero-order valence-electron chi connectivity index (χ0n) is 16.8. The van der Waals surface area contributed by atoms with Crippen molar-refractivity contribution in [1.82, 2.24) is 0 Å². The number of benzene rings is 1. The topological polar surface area (TPSA) is 149 Å². The third-order valence-electron chi connectivity index (χ3n) is 3.89. The van der Waals surface area contributed by atoms with Crippen LogP contribution >= 0.6 is 15.9 Å². The van der Waals surface area contributed by atoms with Gasteiger partial charge in [0.25, 0.3) is 30.4 Å². The quantitative estimate of drug-likeness (QED) is 0.288. The maximum Gasteiger partial charge on any atom is 0.264 e. The molecule has 2 rings (SSSR count). The zero-order chi connectivity index (χ0) is 23.4. The lowest BCUT2D eigenvalue weighted by molar-refractivity contribution is -0.298. The molecule has 178 valence electrons. The fourth-order valence-electron chi connectivity index (χ4n) is 2.80. The van der Waals surface area contributed by atoms with E-state index in [1.54, 1.807) is 30.3 Å². The Bertz CT molecular complexity index is 1040. The highest BCUT2D eigenvalue weighted by molar-refractivity contribution is 9.09. The first-order chi connectivity index (χ1) is 14.2. The number of rotatable bonds is 10. The third kappa shape index (κ3) is 9.01. The minimum Gasteiger partial charge on any atom is -0.340 e. The Labute approximate surface area is 190 Å². The summed E-state index contributed by atoms with van der Waals surface area (Å²) in [4.78, 5) is 0. The SMILES string of the molecule is CS(=O)(=O)OCC1OC(c2ccccc2)OC(C(CBr)OS(C)(=O)=O)C1OS(C)(=O)=O. The van der Waals surface area contributed by atoms with Crippen LogP contribution in [0.1, 0.15) is 11.9 Å². The first kappa shape index (κ1) is 26.6. The molecule has 1 heterocycles. The Morgan fingerprint density at radius 1 is 0.935 bits per heavy atom. The van der Waals surface area contributed by atoms with E-state index >= 15 is 0 Å². The molecular weight excluding hydrogens is 544 g/mol. The van der Waals surface area contributed by atoms with Gasteiger partial charge in [0, 0.05) is 10.9 Å². The van der Waals surface area contributed by atoms with Gasteiger partial charge in [0.2, 0.25) is 0 Å². The Balaban J connectivity index is 2.49. The van der Waals surface area contributed by atoms with Gasteiger partial charge < -0.3 is 9.47 Å². The fraction of sp³-hybridized carbons (Fsp3) is 0.625. The highest BCUT2D eigenvalue weighted by Gasteiger charge is 2.48. The summed E-state index contributed by atoms with van der Waals surface area (Å²) in [6.45, 7) is -0.601. The summed E-state index contributed by atoms with van der Waals surface area (Å²) in [5, 5.41) is -0.0739. The predicted octanol–water partition coefficient (Wildman–Crippen LogP) is 0.530. The van der Waals surface area contributed by atoms with E-state index in [1.165, 1.54) is 0 Å². The molecule has 0 N–H and O–H groups in total. The Hall–Kier alpha value is -0.650. The first-order valence-corrected chi connectivity index (χ1v) is 15.3. The minimum absolute atomic E-state index is 0.0739. The standard InChI is InChI=1S/C16H23BrO11S3/c1-29(18,19)24-10-13-15(28-31(3,22)23)14(12(9-17)27-30(2,20)21)26-16(25-13)11-7-5-4-6-8-11/h4-8,12-16H,9-10H2,1-3H3. The average molecular weight is 567 g/mol. The molecule has 0 saturated carbocycles. The molecule has 0 bridgehead atoms. The van der Waals surface area contributed by atoms with Crippen LogP contribution in [0.3, 0.4) is 0 Å². The Morgan fingerprint density at radius 3 is 2.03 bits per heavy atom. The molecule has 1 aromatic carbocycles. The molecule has 1 aromatic rings. The monoisotopic (exact) mass is 566 g/mol. The lowest BCUT2D eigenvalue weighted by Gasteiger charge is -2.43. The molecule has 1 aliphatic heterocycles. The predicted molar refractivity (Wildman–Crippen MR) is 113 cm³/mol. The van der Waals surface area contributed by atoms with Crippen molar-refractivity contribution in [2.45, 2.75) is 30.7 Å². The van der Waals surface area contributed by atoms with Crippen molar-refractivity contribution in [1.29, 1.82) is 0 Å². The van der Waals surface area contributed by atoms with Crippen molar-refractivity contribution in [3.8, 4) is 0 Å². The number of hydrogen-bond acceptors (Lipinski definition) is 11. The third-order valence-corrected chi connectivity index (χ3v) is 6.26. The van der Waals surface area contributed by atoms with Crippen molar-refractivity contribution in [2.24, 2.45) is 0 Å². The second-order valence-electron chi connectivity index (χ2n) is 6.76. The summed E-state index contributed by atoms with van der Waals surface area (Å²) in [7, 11) is -12.0. The average Bonchev–Trinajstić information content (AvgIpc) is 2.63. The van der Waals surface area contributed by atoms with E-state index in [9.17, 15) is 25.3 Å². The molecule has 1 aliphatic rings. The van der Waals surface area contributed by atoms with E-state index in [0.29, 0.717) is 5.56 Å². The summed E-state index contributed by atoms with van der Waals surface area (Å²) >= 11 is 3.14. The van der Waals surface area contributed by atoms with E-state index in [2.05, 4.69) is 15.9 Å². The number of ether oxygens (including phenoxy) is 2. The summed E-state index contributed by atoms with van der Waals surface area (Å²) < 4.78 is 96.8. The maximum absolute atomic E-state index is 11.9. The second-order valence-corrected chi connectivity index (χ2v) is 12.3. The number of alkyl halides is 1. The number of hydrogen-bond donors (Lipinski definition) is 0. The Morgan fingerprint density at radius 2 is 1.55 bits per heavy atom. The van der Waals surface area contributed by atoms with E-state index in [1.807, 2.05) is 0 Å². The van der Waals surface area contributed by atoms with Crippen LogP contribution in [-0.2, 0) is 52.4 Å². The van der Waals surface area contributed by atoms with Crippen LogP contribution in [0.15, 0.2) is 30.3 Å². The highest BCUT2D eigenvalue weighted by atomic mass is 79.9. The van der Waals surface area contributed by atoms with Gasteiger partial charge in [-0.3, -0.25) is 12.5 Å². The summed E-state index contributed by atoms with van der Waals surface area (Å²) in [5.74, 6) is 0. The fourth-order valence-corrected chi connectivity index (χ4v) is 5.12. The molecule has 1 fully saturated rings. The van der Waals surface area contributed by atoms with Crippen LogP contribution in [0.5, 0.6) is 0 Å². The van der Waals surface area contributed by atoms with Crippen molar-refractivity contribution in [2.75, 3.05) is 30.7 Å². The largest absolute Gasteiger partial charge is 0.340 e. The molecule has 0 aromatic heterocycles. The lowest BCUT2D eigenvalue weighted by atomic mass is 10.0. The van der Waals surface area contributed by atoms with Crippen LogP contribution < -0.4 is 0 Å². The van der Waals surface area contributed by atoms with Gasteiger partial charge >= 0.3 is 0 Å². The molecule has 11 nitrogen and oxygen atoms in total. The molecule has 0 amide bonds. The lowest BCUT2D eigenvalue weighted by Crippen LogP contribution is -2.57. The molecule has 1 saturated heterocycles. The van der Waals surface area contributed by atoms with E-state index in [0.717, 1.165) is 18.8 Å². The summed E-state index contributed by atoms with van der Waals surface area (Å²) in [5.41, 5.74) is 0.516. The van der Waals surface area contributed by atoms with Gasteiger partial charge in [0.05, 0.1) is 25.4 Å². The summed E-state index contributed by atoms with van der Waals surface area (Å²) in [6, 6.07) is 8.47. The molecule has 5 atom stereocenters. The maximum atomic E-state index is 11.9. The van der Waals surface area contributed by atoms with Crippen LogP contribution in [0, 0.1) is 0 Å². The van der Waals surface area contributed by atoms with Crippen LogP contribution in [-0.4, -0.2) is 80.4 Å². The van der Waals surface area contributed by atoms with Crippen LogP contribution in [0.4, 0.5) is 0 Å².